The zero-order valence-electron chi connectivity index (χ0n) is 24.5. The van der Waals surface area contributed by atoms with Gasteiger partial charge in [-0.25, -0.2) is 14.8 Å². The zero-order chi connectivity index (χ0) is 32.5. The summed E-state index contributed by atoms with van der Waals surface area (Å²) in [7, 11) is 1.54. The van der Waals surface area contributed by atoms with Crippen LogP contribution in [0.3, 0.4) is 0 Å². The molecule has 10 nitrogen and oxygen atoms in total. The van der Waals surface area contributed by atoms with Crippen LogP contribution in [0.5, 0.6) is 5.75 Å². The third-order valence-electron chi connectivity index (χ3n) is 6.85. The topological polar surface area (TPSA) is 129 Å². The van der Waals surface area contributed by atoms with Gasteiger partial charge in [0.2, 0.25) is 0 Å². The summed E-state index contributed by atoms with van der Waals surface area (Å²) in [5.74, 6) is 0.281. The minimum absolute atomic E-state index is 0.136. The standard InChI is InChI=1S/C32H24Br2N4O6S2/c1-4-43-29(41)25-26(17-8-6-5-7-9-17)37-32-38(27(25)20-13-18(33)10-11-22(20)42-3)28(40)23(45-32)15-19-14-21(34)30(44-19)46-31-35-16(2)12-24(39)36-31/h5-15,27H,4H2,1-3H3,(H,35,36,39)/b23-15-/t27-/m1/s1. The number of furan rings is 1. The average Bonchev–Trinajstić information content (AvgIpc) is 3.53. The van der Waals surface area contributed by atoms with E-state index in [2.05, 4.69) is 41.8 Å². The van der Waals surface area contributed by atoms with Gasteiger partial charge >= 0.3 is 5.97 Å². The molecule has 0 saturated heterocycles. The number of rotatable bonds is 8. The molecule has 1 atom stereocenters. The van der Waals surface area contributed by atoms with Gasteiger partial charge in [-0.2, -0.15) is 0 Å². The second-order valence-corrected chi connectivity index (χ2v) is 13.6. The SMILES string of the molecule is CCOC(=O)C1=C(c2ccccc2)N=c2s/c(=C\c3cc(Br)c(Sc4nc(C)cc(=O)[nH]4)o3)c(=O)n2[C@@H]1c1cc(Br)ccc1OC. The first kappa shape index (κ1) is 32.0. The van der Waals surface area contributed by atoms with Crippen LogP contribution in [0, 0.1) is 6.92 Å². The summed E-state index contributed by atoms with van der Waals surface area (Å²) in [6, 6.07) is 16.9. The Bertz CT molecular complexity index is 2260. The van der Waals surface area contributed by atoms with Gasteiger partial charge in [0.15, 0.2) is 15.1 Å². The molecule has 3 aromatic heterocycles. The molecule has 0 bridgehead atoms. The average molecular weight is 785 g/mol. The minimum atomic E-state index is -0.918. The number of aryl methyl sites for hydroxylation is 1. The van der Waals surface area contributed by atoms with Crippen molar-refractivity contribution in [2.45, 2.75) is 30.1 Å². The second kappa shape index (κ2) is 13.4. The van der Waals surface area contributed by atoms with Gasteiger partial charge in [0, 0.05) is 33.4 Å². The lowest BCUT2D eigenvalue weighted by molar-refractivity contribution is -0.138. The molecule has 1 N–H and O–H groups in total. The van der Waals surface area contributed by atoms with E-state index in [0.717, 1.165) is 16.2 Å². The maximum absolute atomic E-state index is 14.3. The molecule has 1 aliphatic heterocycles. The van der Waals surface area contributed by atoms with E-state index in [4.69, 9.17) is 18.9 Å². The van der Waals surface area contributed by atoms with E-state index >= 15 is 0 Å². The Morgan fingerprint density at radius 2 is 1.93 bits per heavy atom. The Morgan fingerprint density at radius 3 is 2.65 bits per heavy atom. The molecule has 0 radical (unpaired) electrons. The molecular weight excluding hydrogens is 760 g/mol. The van der Waals surface area contributed by atoms with E-state index in [0.29, 0.717) is 58.1 Å². The molecule has 234 valence electrons. The molecular formula is C32H24Br2N4O6S2. The van der Waals surface area contributed by atoms with Crippen molar-refractivity contribution in [1.29, 1.82) is 0 Å². The van der Waals surface area contributed by atoms with Crippen LogP contribution < -0.4 is 25.2 Å². The first-order chi connectivity index (χ1) is 22.2. The van der Waals surface area contributed by atoms with Crippen LogP contribution in [-0.2, 0) is 9.53 Å². The van der Waals surface area contributed by atoms with Gasteiger partial charge in [0.25, 0.3) is 11.1 Å². The number of thiazole rings is 1. The maximum Gasteiger partial charge on any atom is 0.338 e. The smallest absolute Gasteiger partial charge is 0.338 e. The van der Waals surface area contributed by atoms with Crippen molar-refractivity contribution in [3.05, 3.63) is 128 Å². The van der Waals surface area contributed by atoms with E-state index in [-0.39, 0.29) is 23.3 Å². The van der Waals surface area contributed by atoms with Crippen LogP contribution in [0.4, 0.5) is 0 Å². The van der Waals surface area contributed by atoms with Crippen LogP contribution in [0.25, 0.3) is 11.8 Å². The maximum atomic E-state index is 14.3. The van der Waals surface area contributed by atoms with Gasteiger partial charge in [-0.1, -0.05) is 57.6 Å². The third kappa shape index (κ3) is 6.34. The number of hydrogen-bond donors (Lipinski definition) is 1. The molecule has 46 heavy (non-hydrogen) atoms. The Balaban J connectivity index is 1.56. The highest BCUT2D eigenvalue weighted by Gasteiger charge is 2.37. The number of methoxy groups -OCH3 is 1. The summed E-state index contributed by atoms with van der Waals surface area (Å²) in [6.07, 6.45) is 1.62. The molecule has 1 aliphatic rings. The summed E-state index contributed by atoms with van der Waals surface area (Å²) >= 11 is 9.36. The Kier molecular flexibility index (Phi) is 9.32. The van der Waals surface area contributed by atoms with Crippen molar-refractivity contribution in [3.8, 4) is 5.75 Å². The normalized spacial score (nSPS) is 14.6. The fourth-order valence-electron chi connectivity index (χ4n) is 4.98. The lowest BCUT2D eigenvalue weighted by atomic mass is 9.92. The summed E-state index contributed by atoms with van der Waals surface area (Å²) in [4.78, 5) is 52.2. The lowest BCUT2D eigenvalue weighted by Gasteiger charge is -2.27. The molecule has 4 heterocycles. The molecule has 14 heteroatoms. The van der Waals surface area contributed by atoms with Gasteiger partial charge in [-0.3, -0.25) is 14.2 Å². The molecule has 0 aliphatic carbocycles. The molecule has 0 spiro atoms. The van der Waals surface area contributed by atoms with E-state index in [1.54, 1.807) is 32.1 Å². The number of aromatic amines is 1. The first-order valence-corrected chi connectivity index (χ1v) is 17.1. The van der Waals surface area contributed by atoms with Crippen molar-refractivity contribution >= 4 is 72.7 Å². The fraction of sp³-hybridized carbons (Fsp3) is 0.156. The molecule has 0 amide bonds. The van der Waals surface area contributed by atoms with Crippen molar-refractivity contribution < 1.29 is 18.7 Å². The Labute approximate surface area is 286 Å². The number of ether oxygens (including phenoxy) is 2. The molecule has 0 unspecified atom stereocenters. The number of halogens is 2. The van der Waals surface area contributed by atoms with Gasteiger partial charge in [0.05, 0.1) is 34.0 Å². The number of hydrogen-bond acceptors (Lipinski definition) is 10. The van der Waals surface area contributed by atoms with Crippen LogP contribution in [0.2, 0.25) is 0 Å². The van der Waals surface area contributed by atoms with Crippen molar-refractivity contribution in [1.82, 2.24) is 14.5 Å². The number of fused-ring (bicyclic) bond motifs is 1. The highest BCUT2D eigenvalue weighted by Crippen LogP contribution is 2.40. The largest absolute Gasteiger partial charge is 0.496 e. The first-order valence-electron chi connectivity index (χ1n) is 13.8. The predicted molar refractivity (Wildman–Crippen MR) is 182 cm³/mol. The van der Waals surface area contributed by atoms with E-state index < -0.39 is 12.0 Å². The number of H-pyrrole nitrogens is 1. The van der Waals surface area contributed by atoms with Crippen LogP contribution in [0.1, 0.15) is 35.5 Å². The summed E-state index contributed by atoms with van der Waals surface area (Å²) in [6.45, 7) is 3.59. The fourth-order valence-corrected chi connectivity index (χ4v) is 7.70. The van der Waals surface area contributed by atoms with Crippen LogP contribution in [0.15, 0.2) is 104 Å². The van der Waals surface area contributed by atoms with Crippen molar-refractivity contribution in [2.75, 3.05) is 13.7 Å². The Morgan fingerprint density at radius 1 is 1.15 bits per heavy atom. The van der Waals surface area contributed by atoms with Gasteiger partial charge in [0.1, 0.15) is 17.6 Å². The quantitative estimate of drug-likeness (QED) is 0.159. The number of benzene rings is 2. The summed E-state index contributed by atoms with van der Waals surface area (Å²) in [5.41, 5.74) is 1.81. The van der Waals surface area contributed by atoms with Crippen molar-refractivity contribution in [2.24, 2.45) is 4.99 Å². The van der Waals surface area contributed by atoms with Gasteiger partial charge in [-0.05, 0) is 65.8 Å². The number of nitrogens with one attached hydrogen (secondary N) is 1. The second-order valence-electron chi connectivity index (χ2n) is 9.90. The predicted octanol–water partition coefficient (Wildman–Crippen LogP) is 5.61. The molecule has 0 fully saturated rings. The molecule has 0 saturated carbocycles. The Hall–Kier alpha value is -3.98. The monoisotopic (exact) mass is 782 g/mol. The zero-order valence-corrected chi connectivity index (χ0v) is 29.3. The number of carbonyl (C=O) groups excluding carboxylic acids is 1. The van der Waals surface area contributed by atoms with Crippen molar-refractivity contribution in [3.63, 3.8) is 0 Å². The van der Waals surface area contributed by atoms with E-state index in [1.165, 1.54) is 29.1 Å². The minimum Gasteiger partial charge on any atom is -0.496 e. The number of carbonyl (C=O) groups is 1. The number of esters is 1. The van der Waals surface area contributed by atoms with Gasteiger partial charge in [-0.15, -0.1) is 0 Å². The third-order valence-corrected chi connectivity index (χ3v) is 10.0. The summed E-state index contributed by atoms with van der Waals surface area (Å²) in [5, 5.41) is 0.814. The van der Waals surface area contributed by atoms with E-state index in [1.807, 2.05) is 42.5 Å². The lowest BCUT2D eigenvalue weighted by Crippen LogP contribution is -2.40. The number of nitrogens with zero attached hydrogens (tertiary/aromatic N) is 3. The highest BCUT2D eigenvalue weighted by molar-refractivity contribution is 9.10. The molecule has 5 aromatic rings. The highest BCUT2D eigenvalue weighted by atomic mass is 79.9. The van der Waals surface area contributed by atoms with E-state index in [9.17, 15) is 14.4 Å². The van der Waals surface area contributed by atoms with Crippen LogP contribution in [-0.4, -0.2) is 34.2 Å². The summed E-state index contributed by atoms with van der Waals surface area (Å²) < 4.78 is 20.5. The van der Waals surface area contributed by atoms with Crippen LogP contribution >= 0.6 is 55.0 Å². The molecule has 2 aromatic carbocycles. The molecule has 6 rings (SSSR count). The number of aromatic nitrogens is 3. The van der Waals surface area contributed by atoms with Gasteiger partial charge < -0.3 is 18.9 Å².